The van der Waals surface area contributed by atoms with Crippen molar-refractivity contribution in [3.8, 4) is 17.1 Å². The van der Waals surface area contributed by atoms with Gasteiger partial charge in [-0.2, -0.15) is 4.98 Å². The monoisotopic (exact) mass is 526 g/mol. The SMILES string of the molecule is Cc1ccc(OCC(C)NC(=O)C2CCCN(Cc3nc(-c4cccc(Br)c4)no3)C2)cc1C. The number of hydrogen-bond acceptors (Lipinski definition) is 6. The van der Waals surface area contributed by atoms with Crippen LogP contribution in [0.3, 0.4) is 0 Å². The molecule has 1 aliphatic heterocycles. The number of aromatic nitrogens is 2. The summed E-state index contributed by atoms with van der Waals surface area (Å²) in [6.07, 6.45) is 1.83. The minimum absolute atomic E-state index is 0.0645. The molecule has 2 heterocycles. The Labute approximate surface area is 209 Å². The predicted molar refractivity (Wildman–Crippen MR) is 134 cm³/mol. The van der Waals surface area contributed by atoms with Crippen molar-refractivity contribution in [2.24, 2.45) is 5.92 Å². The number of benzene rings is 2. The number of piperidine rings is 1. The highest BCUT2D eigenvalue weighted by Gasteiger charge is 2.27. The van der Waals surface area contributed by atoms with Crippen molar-refractivity contribution in [3.63, 3.8) is 0 Å². The number of hydrogen-bond donors (Lipinski definition) is 1. The van der Waals surface area contributed by atoms with Crippen molar-refractivity contribution in [2.75, 3.05) is 19.7 Å². The Kier molecular flexibility index (Phi) is 8.00. The summed E-state index contributed by atoms with van der Waals surface area (Å²) in [5.41, 5.74) is 3.33. The molecule has 1 aromatic heterocycles. The zero-order chi connectivity index (χ0) is 24.1. The minimum atomic E-state index is -0.0758. The Morgan fingerprint density at radius 2 is 2.12 bits per heavy atom. The van der Waals surface area contributed by atoms with Crippen LogP contribution in [-0.4, -0.2) is 46.7 Å². The first-order valence-electron chi connectivity index (χ1n) is 11.7. The second kappa shape index (κ2) is 11.1. The Morgan fingerprint density at radius 1 is 1.26 bits per heavy atom. The van der Waals surface area contributed by atoms with Gasteiger partial charge in [-0.1, -0.05) is 39.3 Å². The summed E-state index contributed by atoms with van der Waals surface area (Å²) in [4.78, 5) is 19.6. The summed E-state index contributed by atoms with van der Waals surface area (Å²) >= 11 is 3.47. The molecule has 0 saturated carbocycles. The topological polar surface area (TPSA) is 80.5 Å². The molecule has 1 saturated heterocycles. The Balaban J connectivity index is 1.26. The molecule has 7 nitrogen and oxygen atoms in total. The first-order chi connectivity index (χ1) is 16.4. The highest BCUT2D eigenvalue weighted by molar-refractivity contribution is 9.10. The molecular formula is C26H31BrN4O3. The number of nitrogens with one attached hydrogen (secondary N) is 1. The summed E-state index contributed by atoms with van der Waals surface area (Å²) in [6.45, 7) is 8.67. The van der Waals surface area contributed by atoms with Gasteiger partial charge >= 0.3 is 0 Å². The summed E-state index contributed by atoms with van der Waals surface area (Å²) in [5.74, 6) is 1.97. The smallest absolute Gasteiger partial charge is 0.241 e. The lowest BCUT2D eigenvalue weighted by Crippen LogP contribution is -2.46. The maximum Gasteiger partial charge on any atom is 0.241 e. The molecule has 8 heteroatoms. The van der Waals surface area contributed by atoms with Gasteiger partial charge in [-0.15, -0.1) is 0 Å². The maximum atomic E-state index is 12.9. The van der Waals surface area contributed by atoms with Gasteiger partial charge in [-0.3, -0.25) is 9.69 Å². The average molecular weight is 527 g/mol. The van der Waals surface area contributed by atoms with E-state index in [-0.39, 0.29) is 17.9 Å². The third-order valence-corrected chi connectivity index (χ3v) is 6.65. The van der Waals surface area contributed by atoms with Gasteiger partial charge in [-0.25, -0.2) is 0 Å². The standard InChI is InChI=1S/C26H31BrN4O3/c1-17-9-10-23(12-18(17)2)33-16-19(3)28-26(32)21-7-5-11-31(14-21)15-24-29-25(30-34-24)20-6-4-8-22(27)13-20/h4,6,8-10,12-13,19,21H,5,7,11,14-16H2,1-3H3,(H,28,32). The molecule has 4 rings (SSSR count). The van der Waals surface area contributed by atoms with Crippen LogP contribution in [0.25, 0.3) is 11.4 Å². The Bertz CT molecular complexity index is 1130. The first-order valence-corrected chi connectivity index (χ1v) is 12.5. The first kappa shape index (κ1) is 24.4. The van der Waals surface area contributed by atoms with E-state index in [0.29, 0.717) is 31.4 Å². The number of carbonyl (C=O) groups is 1. The second-order valence-electron chi connectivity index (χ2n) is 9.06. The van der Waals surface area contributed by atoms with Gasteiger partial charge in [0.1, 0.15) is 12.4 Å². The van der Waals surface area contributed by atoms with Crippen LogP contribution in [-0.2, 0) is 11.3 Å². The van der Waals surface area contributed by atoms with Crippen molar-refractivity contribution in [1.82, 2.24) is 20.4 Å². The van der Waals surface area contributed by atoms with E-state index in [4.69, 9.17) is 9.26 Å². The molecule has 1 fully saturated rings. The van der Waals surface area contributed by atoms with Crippen LogP contribution in [0.2, 0.25) is 0 Å². The number of aryl methyl sites for hydroxylation is 2. The number of carbonyl (C=O) groups excluding carboxylic acids is 1. The molecule has 34 heavy (non-hydrogen) atoms. The zero-order valence-corrected chi connectivity index (χ0v) is 21.5. The van der Waals surface area contributed by atoms with E-state index in [0.717, 1.165) is 35.2 Å². The van der Waals surface area contributed by atoms with Gasteiger partial charge in [0.25, 0.3) is 0 Å². The fourth-order valence-electron chi connectivity index (χ4n) is 4.10. The maximum absolute atomic E-state index is 12.9. The number of nitrogens with zero attached hydrogens (tertiary/aromatic N) is 3. The molecule has 2 atom stereocenters. The summed E-state index contributed by atoms with van der Waals surface area (Å²) in [7, 11) is 0. The molecule has 1 N–H and O–H groups in total. The van der Waals surface area contributed by atoms with E-state index in [1.165, 1.54) is 11.1 Å². The van der Waals surface area contributed by atoms with Crippen molar-refractivity contribution < 1.29 is 14.1 Å². The molecule has 1 amide bonds. The molecule has 2 aromatic carbocycles. The average Bonchev–Trinajstić information content (AvgIpc) is 3.28. The number of amides is 1. The van der Waals surface area contributed by atoms with Crippen LogP contribution in [0.15, 0.2) is 51.5 Å². The number of rotatable bonds is 8. The molecule has 2 unspecified atom stereocenters. The van der Waals surface area contributed by atoms with Gasteiger partial charge in [0.05, 0.1) is 18.5 Å². The van der Waals surface area contributed by atoms with Crippen molar-refractivity contribution in [1.29, 1.82) is 0 Å². The van der Waals surface area contributed by atoms with E-state index in [1.807, 2.05) is 43.3 Å². The third kappa shape index (κ3) is 6.45. The zero-order valence-electron chi connectivity index (χ0n) is 19.9. The lowest BCUT2D eigenvalue weighted by atomic mass is 9.97. The molecule has 0 aliphatic carbocycles. The van der Waals surface area contributed by atoms with Gasteiger partial charge in [0.2, 0.25) is 17.6 Å². The van der Waals surface area contributed by atoms with Crippen LogP contribution in [0, 0.1) is 19.8 Å². The van der Waals surface area contributed by atoms with E-state index >= 15 is 0 Å². The highest BCUT2D eigenvalue weighted by Crippen LogP contribution is 2.23. The fourth-order valence-corrected chi connectivity index (χ4v) is 4.49. The van der Waals surface area contributed by atoms with Crippen molar-refractivity contribution >= 4 is 21.8 Å². The predicted octanol–water partition coefficient (Wildman–Crippen LogP) is 4.91. The fraction of sp³-hybridized carbons (Fsp3) is 0.423. The largest absolute Gasteiger partial charge is 0.491 e. The van der Waals surface area contributed by atoms with Gasteiger partial charge in [0.15, 0.2) is 0 Å². The van der Waals surface area contributed by atoms with E-state index in [2.05, 4.69) is 56.2 Å². The second-order valence-corrected chi connectivity index (χ2v) is 9.98. The highest BCUT2D eigenvalue weighted by atomic mass is 79.9. The lowest BCUT2D eigenvalue weighted by Gasteiger charge is -2.31. The third-order valence-electron chi connectivity index (χ3n) is 6.15. The van der Waals surface area contributed by atoms with E-state index in [1.54, 1.807) is 0 Å². The molecule has 180 valence electrons. The Hall–Kier alpha value is -2.71. The van der Waals surface area contributed by atoms with E-state index < -0.39 is 0 Å². The minimum Gasteiger partial charge on any atom is -0.491 e. The molecular weight excluding hydrogens is 496 g/mol. The van der Waals surface area contributed by atoms with Crippen LogP contribution in [0.4, 0.5) is 0 Å². The Morgan fingerprint density at radius 3 is 2.91 bits per heavy atom. The van der Waals surface area contributed by atoms with Crippen LogP contribution in [0.1, 0.15) is 36.8 Å². The number of halogens is 1. The molecule has 0 bridgehead atoms. The summed E-state index contributed by atoms with van der Waals surface area (Å²) in [5, 5.41) is 7.23. The van der Waals surface area contributed by atoms with Crippen LogP contribution in [0.5, 0.6) is 5.75 Å². The molecule has 0 spiro atoms. The molecule has 1 aliphatic rings. The van der Waals surface area contributed by atoms with Crippen LogP contribution < -0.4 is 10.1 Å². The summed E-state index contributed by atoms with van der Waals surface area (Å²) in [6, 6.07) is 13.8. The van der Waals surface area contributed by atoms with Gasteiger partial charge in [-0.05, 0) is 75.5 Å². The quantitative estimate of drug-likeness (QED) is 0.449. The number of ether oxygens (including phenoxy) is 1. The van der Waals surface area contributed by atoms with Crippen molar-refractivity contribution in [2.45, 2.75) is 46.2 Å². The normalized spacial score (nSPS) is 17.4. The lowest BCUT2D eigenvalue weighted by molar-refractivity contribution is -0.127. The van der Waals surface area contributed by atoms with Crippen molar-refractivity contribution in [3.05, 3.63) is 64.0 Å². The van der Waals surface area contributed by atoms with E-state index in [9.17, 15) is 4.79 Å². The number of likely N-dealkylation sites (tertiary alicyclic amines) is 1. The van der Waals surface area contributed by atoms with Gasteiger partial charge in [0, 0.05) is 16.6 Å². The summed E-state index contributed by atoms with van der Waals surface area (Å²) < 4.78 is 12.3. The van der Waals surface area contributed by atoms with Gasteiger partial charge < -0.3 is 14.6 Å². The van der Waals surface area contributed by atoms with Crippen LogP contribution >= 0.6 is 15.9 Å². The molecule has 3 aromatic rings. The molecule has 0 radical (unpaired) electrons.